The Hall–Kier alpha value is -0.860. The van der Waals surface area contributed by atoms with Crippen LogP contribution in [0.25, 0.3) is 0 Å². The van der Waals surface area contributed by atoms with Crippen LogP contribution < -0.4 is 5.73 Å². The maximum absolute atomic E-state index is 9.70. The maximum Gasteiger partial charge on any atom is 0.0541 e. The molecular weight excluding hydrogens is 210 g/mol. The van der Waals surface area contributed by atoms with E-state index in [-0.39, 0.29) is 17.6 Å². The Morgan fingerprint density at radius 1 is 1.29 bits per heavy atom. The molecule has 1 fully saturated rings. The first-order chi connectivity index (χ1) is 8.19. The van der Waals surface area contributed by atoms with E-state index in [1.807, 2.05) is 6.07 Å². The Kier molecular flexibility index (Phi) is 3.85. The normalized spacial score (nSPS) is 31.1. The van der Waals surface area contributed by atoms with E-state index in [0.717, 1.165) is 32.1 Å². The van der Waals surface area contributed by atoms with Gasteiger partial charge in [0.05, 0.1) is 6.10 Å². The van der Waals surface area contributed by atoms with Crippen LogP contribution in [0.5, 0.6) is 0 Å². The van der Waals surface area contributed by atoms with Crippen molar-refractivity contribution in [1.82, 2.24) is 0 Å². The summed E-state index contributed by atoms with van der Waals surface area (Å²) in [6.07, 6.45) is 4.63. The van der Waals surface area contributed by atoms with Crippen molar-refractivity contribution < 1.29 is 5.11 Å². The summed E-state index contributed by atoms with van der Waals surface area (Å²) < 4.78 is 0. The van der Waals surface area contributed by atoms with Crippen molar-refractivity contribution in [2.75, 3.05) is 0 Å². The van der Waals surface area contributed by atoms with Gasteiger partial charge < -0.3 is 10.8 Å². The van der Waals surface area contributed by atoms with Gasteiger partial charge in [-0.1, -0.05) is 37.3 Å². The third kappa shape index (κ3) is 2.38. The van der Waals surface area contributed by atoms with Crippen LogP contribution in [0.4, 0.5) is 0 Å². The van der Waals surface area contributed by atoms with Crippen molar-refractivity contribution in [2.24, 2.45) is 5.73 Å². The van der Waals surface area contributed by atoms with Crippen molar-refractivity contribution in [3.63, 3.8) is 0 Å². The lowest BCUT2D eigenvalue weighted by Gasteiger charge is -2.43. The lowest BCUT2D eigenvalue weighted by Crippen LogP contribution is -2.48. The highest BCUT2D eigenvalue weighted by molar-refractivity contribution is 5.28. The molecular formula is C15H23NO. The minimum Gasteiger partial charge on any atom is -0.393 e. The van der Waals surface area contributed by atoms with E-state index in [4.69, 9.17) is 5.73 Å². The third-order valence-corrected chi connectivity index (χ3v) is 4.35. The fourth-order valence-electron chi connectivity index (χ4n) is 3.15. The van der Waals surface area contributed by atoms with Gasteiger partial charge in [0.1, 0.15) is 0 Å². The van der Waals surface area contributed by atoms with Crippen LogP contribution >= 0.6 is 0 Å². The van der Waals surface area contributed by atoms with Crippen molar-refractivity contribution in [1.29, 1.82) is 0 Å². The van der Waals surface area contributed by atoms with Gasteiger partial charge in [0.15, 0.2) is 0 Å². The topological polar surface area (TPSA) is 46.2 Å². The molecule has 0 amide bonds. The molecule has 94 valence electrons. The lowest BCUT2D eigenvalue weighted by atomic mass is 9.64. The molecule has 2 rings (SSSR count). The highest BCUT2D eigenvalue weighted by Gasteiger charge is 2.40. The second-order valence-electron chi connectivity index (χ2n) is 5.27. The van der Waals surface area contributed by atoms with E-state index in [2.05, 4.69) is 31.2 Å². The zero-order valence-electron chi connectivity index (χ0n) is 10.6. The molecule has 17 heavy (non-hydrogen) atoms. The van der Waals surface area contributed by atoms with E-state index in [0.29, 0.717) is 0 Å². The fraction of sp³-hybridized carbons (Fsp3) is 0.600. The van der Waals surface area contributed by atoms with Gasteiger partial charge in [-0.2, -0.15) is 0 Å². The van der Waals surface area contributed by atoms with E-state index >= 15 is 0 Å². The number of benzene rings is 1. The van der Waals surface area contributed by atoms with Gasteiger partial charge in [0.25, 0.3) is 0 Å². The predicted octanol–water partition coefficient (Wildman–Crippen LogP) is 2.60. The number of aliphatic hydroxyl groups is 1. The molecule has 1 saturated carbocycles. The Morgan fingerprint density at radius 2 is 1.88 bits per heavy atom. The zero-order valence-corrected chi connectivity index (χ0v) is 10.6. The van der Waals surface area contributed by atoms with Crippen LogP contribution in [0.1, 0.15) is 44.6 Å². The summed E-state index contributed by atoms with van der Waals surface area (Å²) in [4.78, 5) is 0. The van der Waals surface area contributed by atoms with E-state index in [1.165, 1.54) is 5.56 Å². The fourth-order valence-corrected chi connectivity index (χ4v) is 3.15. The predicted molar refractivity (Wildman–Crippen MR) is 70.9 cm³/mol. The molecule has 0 unspecified atom stereocenters. The quantitative estimate of drug-likeness (QED) is 0.843. The molecule has 3 N–H and O–H groups in total. The maximum atomic E-state index is 9.70. The minimum atomic E-state index is -0.129. The van der Waals surface area contributed by atoms with Crippen molar-refractivity contribution in [2.45, 2.75) is 56.6 Å². The Bertz CT molecular complexity index is 341. The van der Waals surface area contributed by atoms with Gasteiger partial charge in [0.2, 0.25) is 0 Å². The standard InChI is InChI=1S/C15H23NO/c1-2-14(16)15(10-8-13(17)9-11-15)12-6-4-3-5-7-12/h3-7,13-14,17H,2,8-11,16H2,1H3/t13?,14-,15?/m1/s1. The average molecular weight is 233 g/mol. The van der Waals surface area contributed by atoms with Crippen LogP contribution in [0, 0.1) is 0 Å². The second-order valence-corrected chi connectivity index (χ2v) is 5.27. The first-order valence-electron chi connectivity index (χ1n) is 6.68. The van der Waals surface area contributed by atoms with Gasteiger partial charge in [-0.25, -0.2) is 0 Å². The Labute approximate surface area is 104 Å². The Balaban J connectivity index is 2.31. The molecule has 0 spiro atoms. The smallest absolute Gasteiger partial charge is 0.0541 e. The first kappa shape index (κ1) is 12.6. The number of rotatable bonds is 3. The highest BCUT2D eigenvalue weighted by Crippen LogP contribution is 2.42. The summed E-state index contributed by atoms with van der Waals surface area (Å²) in [7, 11) is 0. The minimum absolute atomic E-state index is 0.0786. The van der Waals surface area contributed by atoms with E-state index in [9.17, 15) is 5.11 Å². The molecule has 1 aliphatic carbocycles. The average Bonchev–Trinajstić information content (AvgIpc) is 2.40. The van der Waals surface area contributed by atoms with Crippen LogP contribution in [0.15, 0.2) is 30.3 Å². The molecule has 1 atom stereocenters. The molecule has 0 aliphatic heterocycles. The first-order valence-corrected chi connectivity index (χ1v) is 6.68. The summed E-state index contributed by atoms with van der Waals surface area (Å²) in [5.41, 5.74) is 7.81. The number of hydrogen-bond acceptors (Lipinski definition) is 2. The molecule has 0 saturated heterocycles. The molecule has 0 radical (unpaired) electrons. The van der Waals surface area contributed by atoms with Crippen LogP contribution in [0.3, 0.4) is 0 Å². The highest BCUT2D eigenvalue weighted by atomic mass is 16.3. The molecule has 0 heterocycles. The van der Waals surface area contributed by atoms with Gasteiger partial charge in [0, 0.05) is 11.5 Å². The molecule has 0 aromatic heterocycles. The van der Waals surface area contributed by atoms with Gasteiger partial charge in [-0.05, 0) is 37.7 Å². The van der Waals surface area contributed by atoms with Crippen LogP contribution in [-0.4, -0.2) is 17.3 Å². The summed E-state index contributed by atoms with van der Waals surface area (Å²) in [6.45, 7) is 2.15. The van der Waals surface area contributed by atoms with Crippen molar-refractivity contribution in [3.05, 3.63) is 35.9 Å². The SMILES string of the molecule is CC[C@@H](N)C1(c2ccccc2)CCC(O)CC1. The third-order valence-electron chi connectivity index (χ3n) is 4.35. The summed E-state index contributed by atoms with van der Waals surface area (Å²) in [5, 5.41) is 9.70. The second kappa shape index (κ2) is 5.19. The largest absolute Gasteiger partial charge is 0.393 e. The molecule has 2 nitrogen and oxygen atoms in total. The number of aliphatic hydroxyl groups excluding tert-OH is 1. The van der Waals surface area contributed by atoms with Crippen molar-refractivity contribution in [3.8, 4) is 0 Å². The zero-order chi connectivity index (χ0) is 12.3. The van der Waals surface area contributed by atoms with Gasteiger partial charge in [-0.3, -0.25) is 0 Å². The summed E-state index contributed by atoms with van der Waals surface area (Å²) in [6, 6.07) is 10.8. The van der Waals surface area contributed by atoms with Gasteiger partial charge >= 0.3 is 0 Å². The lowest BCUT2D eigenvalue weighted by molar-refractivity contribution is 0.0849. The van der Waals surface area contributed by atoms with Crippen LogP contribution in [0.2, 0.25) is 0 Å². The Morgan fingerprint density at radius 3 is 2.41 bits per heavy atom. The van der Waals surface area contributed by atoms with Crippen LogP contribution in [-0.2, 0) is 5.41 Å². The summed E-state index contributed by atoms with van der Waals surface area (Å²) in [5.74, 6) is 0. The molecule has 1 aliphatic rings. The molecule has 0 bridgehead atoms. The molecule has 2 heteroatoms. The number of hydrogen-bond donors (Lipinski definition) is 2. The van der Waals surface area contributed by atoms with E-state index in [1.54, 1.807) is 0 Å². The van der Waals surface area contributed by atoms with E-state index < -0.39 is 0 Å². The molecule has 1 aromatic rings. The van der Waals surface area contributed by atoms with Crippen molar-refractivity contribution >= 4 is 0 Å². The summed E-state index contributed by atoms with van der Waals surface area (Å²) >= 11 is 0. The monoisotopic (exact) mass is 233 g/mol. The molecule has 1 aromatic carbocycles. The van der Waals surface area contributed by atoms with Gasteiger partial charge in [-0.15, -0.1) is 0 Å². The number of nitrogens with two attached hydrogens (primary N) is 1.